The highest BCUT2D eigenvalue weighted by atomic mass is 32.1. The Hall–Kier alpha value is -1.44. The van der Waals surface area contributed by atoms with Gasteiger partial charge in [0.15, 0.2) is 0 Å². The lowest BCUT2D eigenvalue weighted by Crippen LogP contribution is -2.49. The summed E-state index contributed by atoms with van der Waals surface area (Å²) in [5.74, 6) is 0.0148. The lowest BCUT2D eigenvalue weighted by molar-refractivity contribution is -0.126. The number of carbonyl (C=O) groups is 2. The fourth-order valence-electron chi connectivity index (χ4n) is 3.60. The maximum Gasteiger partial charge on any atom is 0.252 e. The van der Waals surface area contributed by atoms with Gasteiger partial charge < -0.3 is 15.4 Å². The number of nitrogens with zero attached hydrogens (tertiary/aromatic N) is 1. The molecular formula is C17H25N3O3S. The molecule has 0 spiro atoms. The SMILES string of the molecule is CCNC(=O)C1CC(NC(=O)c2ccsc2)CN1C1CCOCC1. The maximum absolute atomic E-state index is 12.5. The third kappa shape index (κ3) is 3.96. The fourth-order valence-corrected chi connectivity index (χ4v) is 4.23. The van der Waals surface area contributed by atoms with E-state index in [1.54, 1.807) is 0 Å². The van der Waals surface area contributed by atoms with Crippen molar-refractivity contribution >= 4 is 23.2 Å². The summed E-state index contributed by atoms with van der Waals surface area (Å²) in [4.78, 5) is 27.0. The summed E-state index contributed by atoms with van der Waals surface area (Å²) < 4.78 is 5.45. The van der Waals surface area contributed by atoms with Crippen molar-refractivity contribution in [1.82, 2.24) is 15.5 Å². The van der Waals surface area contributed by atoms with E-state index in [1.807, 2.05) is 23.8 Å². The van der Waals surface area contributed by atoms with Crippen LogP contribution >= 0.6 is 11.3 Å². The van der Waals surface area contributed by atoms with Gasteiger partial charge in [-0.25, -0.2) is 0 Å². The van der Waals surface area contributed by atoms with Gasteiger partial charge in [0.1, 0.15) is 0 Å². The molecule has 2 unspecified atom stereocenters. The van der Waals surface area contributed by atoms with E-state index in [9.17, 15) is 9.59 Å². The average Bonchev–Trinajstić information content (AvgIpc) is 3.26. The highest BCUT2D eigenvalue weighted by Gasteiger charge is 2.41. The molecule has 0 radical (unpaired) electrons. The summed E-state index contributed by atoms with van der Waals surface area (Å²) in [5.41, 5.74) is 0.694. The van der Waals surface area contributed by atoms with Gasteiger partial charge in [-0.05, 0) is 37.6 Å². The number of rotatable bonds is 5. The van der Waals surface area contributed by atoms with Gasteiger partial charge in [0.25, 0.3) is 5.91 Å². The molecule has 24 heavy (non-hydrogen) atoms. The van der Waals surface area contributed by atoms with Crippen LogP contribution < -0.4 is 10.6 Å². The van der Waals surface area contributed by atoms with Gasteiger partial charge >= 0.3 is 0 Å². The third-order valence-corrected chi connectivity index (χ3v) is 5.45. The van der Waals surface area contributed by atoms with Gasteiger partial charge in [-0.2, -0.15) is 11.3 Å². The van der Waals surface area contributed by atoms with Gasteiger partial charge in [0, 0.05) is 49.3 Å². The van der Waals surface area contributed by atoms with Gasteiger partial charge in [-0.3, -0.25) is 14.5 Å². The highest BCUT2D eigenvalue weighted by Crippen LogP contribution is 2.26. The first-order valence-corrected chi connectivity index (χ1v) is 9.57. The molecule has 6 nitrogen and oxygen atoms in total. The van der Waals surface area contributed by atoms with Crippen molar-refractivity contribution in [3.63, 3.8) is 0 Å². The normalized spacial score (nSPS) is 25.5. The molecule has 0 bridgehead atoms. The van der Waals surface area contributed by atoms with Crippen molar-refractivity contribution in [2.45, 2.75) is 44.3 Å². The largest absolute Gasteiger partial charge is 0.381 e. The highest BCUT2D eigenvalue weighted by molar-refractivity contribution is 7.08. The summed E-state index contributed by atoms with van der Waals surface area (Å²) in [6, 6.07) is 2.02. The summed E-state index contributed by atoms with van der Waals surface area (Å²) in [6.07, 6.45) is 2.56. The van der Waals surface area contributed by atoms with Gasteiger partial charge in [0.2, 0.25) is 5.91 Å². The molecule has 0 aliphatic carbocycles. The smallest absolute Gasteiger partial charge is 0.252 e. The van der Waals surface area contributed by atoms with Crippen molar-refractivity contribution in [1.29, 1.82) is 0 Å². The molecule has 3 rings (SSSR count). The zero-order valence-corrected chi connectivity index (χ0v) is 14.8. The molecule has 2 N–H and O–H groups in total. The van der Waals surface area contributed by atoms with Crippen LogP contribution in [0.15, 0.2) is 16.8 Å². The van der Waals surface area contributed by atoms with Crippen LogP contribution in [0.3, 0.4) is 0 Å². The van der Waals surface area contributed by atoms with Crippen LogP contribution in [0.25, 0.3) is 0 Å². The van der Waals surface area contributed by atoms with Crippen LogP contribution in [-0.4, -0.2) is 61.1 Å². The third-order valence-electron chi connectivity index (χ3n) is 4.77. The number of likely N-dealkylation sites (N-methyl/N-ethyl adjacent to an activating group) is 1. The number of likely N-dealkylation sites (tertiary alicyclic amines) is 1. The van der Waals surface area contributed by atoms with E-state index < -0.39 is 0 Å². The molecule has 2 atom stereocenters. The zero-order valence-electron chi connectivity index (χ0n) is 14.0. The molecule has 2 saturated heterocycles. The second kappa shape index (κ2) is 8.09. The standard InChI is InChI=1S/C17H25N3O3S/c1-2-18-17(22)15-9-13(19-16(21)12-5-8-24-11-12)10-20(15)14-3-6-23-7-4-14/h5,8,11,13-15H,2-4,6-7,9-10H2,1H3,(H,18,22)(H,19,21). The van der Waals surface area contributed by atoms with E-state index in [0.29, 0.717) is 24.6 Å². The molecule has 2 aliphatic rings. The molecule has 0 aromatic carbocycles. The van der Waals surface area contributed by atoms with Crippen LogP contribution in [0.2, 0.25) is 0 Å². The number of nitrogens with one attached hydrogen (secondary N) is 2. The van der Waals surface area contributed by atoms with Crippen LogP contribution in [0, 0.1) is 0 Å². The number of ether oxygens (including phenoxy) is 1. The molecule has 2 aliphatic heterocycles. The minimum Gasteiger partial charge on any atom is -0.381 e. The van der Waals surface area contributed by atoms with E-state index in [4.69, 9.17) is 4.74 Å². The Balaban J connectivity index is 1.66. The van der Waals surface area contributed by atoms with Crippen molar-refractivity contribution in [3.8, 4) is 0 Å². The zero-order chi connectivity index (χ0) is 16.9. The first-order valence-electron chi connectivity index (χ1n) is 8.63. The molecule has 0 saturated carbocycles. The number of hydrogen-bond donors (Lipinski definition) is 2. The average molecular weight is 351 g/mol. The van der Waals surface area contributed by atoms with Crippen LogP contribution in [0.4, 0.5) is 0 Å². The first-order chi connectivity index (χ1) is 11.7. The summed E-state index contributed by atoms with van der Waals surface area (Å²) >= 11 is 1.51. The van der Waals surface area contributed by atoms with Crippen molar-refractivity contribution in [2.75, 3.05) is 26.3 Å². The Morgan fingerprint density at radius 1 is 1.38 bits per heavy atom. The van der Waals surface area contributed by atoms with Crippen LogP contribution in [0.1, 0.15) is 36.5 Å². The molecule has 132 valence electrons. The molecule has 2 fully saturated rings. The first kappa shape index (κ1) is 17.4. The van der Waals surface area contributed by atoms with E-state index in [1.165, 1.54) is 11.3 Å². The fraction of sp³-hybridized carbons (Fsp3) is 0.647. The molecule has 2 amide bonds. The molecule has 3 heterocycles. The molecular weight excluding hydrogens is 326 g/mol. The monoisotopic (exact) mass is 351 g/mol. The van der Waals surface area contributed by atoms with Crippen molar-refractivity contribution < 1.29 is 14.3 Å². The van der Waals surface area contributed by atoms with Crippen molar-refractivity contribution in [2.24, 2.45) is 0 Å². The number of hydrogen-bond acceptors (Lipinski definition) is 5. The summed E-state index contributed by atoms with van der Waals surface area (Å²) in [5, 5.41) is 9.77. The Bertz CT molecular complexity index is 557. The Morgan fingerprint density at radius 3 is 2.83 bits per heavy atom. The molecule has 1 aromatic heterocycles. The van der Waals surface area contributed by atoms with Gasteiger partial charge in [-0.1, -0.05) is 0 Å². The van der Waals surface area contributed by atoms with E-state index in [2.05, 4.69) is 15.5 Å². The minimum atomic E-state index is -0.166. The number of carbonyl (C=O) groups excluding carboxylic acids is 2. The molecule has 1 aromatic rings. The topological polar surface area (TPSA) is 70.7 Å². The predicted molar refractivity (Wildman–Crippen MR) is 93.2 cm³/mol. The van der Waals surface area contributed by atoms with Crippen LogP contribution in [0.5, 0.6) is 0 Å². The molecule has 7 heteroatoms. The Morgan fingerprint density at radius 2 is 2.17 bits per heavy atom. The Labute approximate surface area is 146 Å². The van der Waals surface area contributed by atoms with Gasteiger partial charge in [0.05, 0.1) is 6.04 Å². The van der Waals surface area contributed by atoms with E-state index >= 15 is 0 Å². The maximum atomic E-state index is 12.5. The number of thiophene rings is 1. The lowest BCUT2D eigenvalue weighted by atomic mass is 10.1. The van der Waals surface area contributed by atoms with E-state index in [-0.39, 0.29) is 23.9 Å². The second-order valence-corrected chi connectivity index (χ2v) is 7.15. The van der Waals surface area contributed by atoms with E-state index in [0.717, 1.165) is 32.6 Å². The quantitative estimate of drug-likeness (QED) is 0.837. The van der Waals surface area contributed by atoms with Crippen LogP contribution in [-0.2, 0) is 9.53 Å². The summed E-state index contributed by atoms with van der Waals surface area (Å²) in [6.45, 7) is 4.77. The lowest BCUT2D eigenvalue weighted by Gasteiger charge is -2.34. The second-order valence-electron chi connectivity index (χ2n) is 6.37. The van der Waals surface area contributed by atoms with Crippen molar-refractivity contribution in [3.05, 3.63) is 22.4 Å². The van der Waals surface area contributed by atoms with Gasteiger partial charge in [-0.15, -0.1) is 0 Å². The summed E-state index contributed by atoms with van der Waals surface area (Å²) in [7, 11) is 0. The minimum absolute atomic E-state index is 0.00727. The number of amides is 2. The predicted octanol–water partition coefficient (Wildman–Crippen LogP) is 1.24. The Kier molecular flexibility index (Phi) is 5.86.